The van der Waals surface area contributed by atoms with Crippen LogP contribution in [0.1, 0.15) is 41.5 Å². The van der Waals surface area contributed by atoms with Crippen molar-refractivity contribution >= 4 is 0 Å². The highest BCUT2D eigenvalue weighted by molar-refractivity contribution is 4.77. The lowest BCUT2D eigenvalue weighted by molar-refractivity contribution is -0.0979. The van der Waals surface area contributed by atoms with Gasteiger partial charge in [-0.05, 0) is 10.8 Å². The molecule has 0 rings (SSSR count). The second-order valence-corrected chi connectivity index (χ2v) is 6.25. The fraction of sp³-hybridized carbons (Fsp3) is 1.00. The third-order valence-corrected chi connectivity index (χ3v) is 2.59. The van der Waals surface area contributed by atoms with E-state index in [1.54, 1.807) is 0 Å². The van der Waals surface area contributed by atoms with Gasteiger partial charge in [-0.2, -0.15) is 0 Å². The fourth-order valence-corrected chi connectivity index (χ4v) is 1.03. The monoisotopic (exact) mass is 218 g/mol. The lowest BCUT2D eigenvalue weighted by atomic mass is 9.88. The summed E-state index contributed by atoms with van der Waals surface area (Å²) >= 11 is 0. The first kappa shape index (κ1) is 14.9. The summed E-state index contributed by atoms with van der Waals surface area (Å²) in [7, 11) is 0. The molecule has 0 spiro atoms. The van der Waals surface area contributed by atoms with Crippen molar-refractivity contribution in [3.63, 3.8) is 0 Å². The van der Waals surface area contributed by atoms with Gasteiger partial charge in [-0.15, -0.1) is 0 Å². The molecule has 0 bridgehead atoms. The van der Waals surface area contributed by atoms with Crippen molar-refractivity contribution in [2.24, 2.45) is 10.8 Å². The van der Waals surface area contributed by atoms with E-state index in [1.807, 2.05) is 41.5 Å². The fourth-order valence-electron chi connectivity index (χ4n) is 1.03. The van der Waals surface area contributed by atoms with Crippen molar-refractivity contribution < 1.29 is 14.9 Å². The molecule has 0 aliphatic heterocycles. The van der Waals surface area contributed by atoms with Crippen molar-refractivity contribution in [1.29, 1.82) is 0 Å². The van der Waals surface area contributed by atoms with Crippen molar-refractivity contribution in [3.8, 4) is 0 Å². The molecule has 0 fully saturated rings. The van der Waals surface area contributed by atoms with E-state index in [9.17, 15) is 10.2 Å². The number of rotatable bonds is 4. The standard InChI is InChI=1S/C12H26O3/c1-11(2,3)9(14)8-15-10(7-13)12(4,5)6/h9-10,13-14H,7-8H2,1-6H3. The number of aliphatic hydroxyl groups is 2. The Hall–Kier alpha value is -0.120. The second-order valence-electron chi connectivity index (χ2n) is 6.25. The average Bonchev–Trinajstić information content (AvgIpc) is 2.00. The minimum atomic E-state index is -0.506. The van der Waals surface area contributed by atoms with Crippen LogP contribution in [0.15, 0.2) is 0 Å². The van der Waals surface area contributed by atoms with Crippen LogP contribution >= 0.6 is 0 Å². The van der Waals surface area contributed by atoms with Crippen LogP contribution < -0.4 is 0 Å². The molecule has 0 aromatic heterocycles. The van der Waals surface area contributed by atoms with E-state index in [0.717, 1.165) is 0 Å². The van der Waals surface area contributed by atoms with Gasteiger partial charge >= 0.3 is 0 Å². The highest BCUT2D eigenvalue weighted by Crippen LogP contribution is 2.24. The first-order valence-corrected chi connectivity index (χ1v) is 5.49. The highest BCUT2D eigenvalue weighted by Gasteiger charge is 2.28. The maximum atomic E-state index is 9.79. The summed E-state index contributed by atoms with van der Waals surface area (Å²) in [5.74, 6) is 0. The van der Waals surface area contributed by atoms with Crippen LogP contribution in [0.3, 0.4) is 0 Å². The molecule has 0 aromatic rings. The molecule has 3 nitrogen and oxygen atoms in total. The molecular weight excluding hydrogens is 192 g/mol. The first-order valence-electron chi connectivity index (χ1n) is 5.49. The van der Waals surface area contributed by atoms with E-state index < -0.39 is 6.10 Å². The summed E-state index contributed by atoms with van der Waals surface area (Å²) in [5, 5.41) is 19.0. The second kappa shape index (κ2) is 5.28. The summed E-state index contributed by atoms with van der Waals surface area (Å²) in [6.07, 6.45) is -0.733. The van der Waals surface area contributed by atoms with Crippen molar-refractivity contribution in [2.75, 3.05) is 13.2 Å². The Morgan fingerprint density at radius 3 is 1.73 bits per heavy atom. The van der Waals surface area contributed by atoms with E-state index in [2.05, 4.69) is 0 Å². The van der Waals surface area contributed by atoms with Crippen molar-refractivity contribution in [3.05, 3.63) is 0 Å². The normalized spacial score (nSPS) is 17.6. The topological polar surface area (TPSA) is 49.7 Å². The molecule has 2 unspecified atom stereocenters. The van der Waals surface area contributed by atoms with E-state index in [4.69, 9.17) is 4.74 Å². The Balaban J connectivity index is 4.14. The Morgan fingerprint density at radius 1 is 1.00 bits per heavy atom. The van der Waals surface area contributed by atoms with E-state index in [0.29, 0.717) is 0 Å². The van der Waals surface area contributed by atoms with Gasteiger partial charge in [0.05, 0.1) is 25.4 Å². The third-order valence-electron chi connectivity index (χ3n) is 2.59. The lowest BCUT2D eigenvalue weighted by Gasteiger charge is -2.32. The zero-order valence-corrected chi connectivity index (χ0v) is 10.9. The minimum Gasteiger partial charge on any atom is -0.394 e. The van der Waals surface area contributed by atoms with Crippen LogP contribution in [0.4, 0.5) is 0 Å². The SMILES string of the molecule is CC(C)(C)C(O)COC(CO)C(C)(C)C. The largest absolute Gasteiger partial charge is 0.394 e. The molecule has 0 heterocycles. The molecule has 0 saturated carbocycles. The van der Waals surface area contributed by atoms with Gasteiger partial charge in [0, 0.05) is 0 Å². The predicted octanol–water partition coefficient (Wildman–Crippen LogP) is 1.82. The van der Waals surface area contributed by atoms with Crippen LogP contribution in [-0.2, 0) is 4.74 Å². The molecule has 2 N–H and O–H groups in total. The smallest absolute Gasteiger partial charge is 0.0855 e. The predicted molar refractivity (Wildman–Crippen MR) is 61.7 cm³/mol. The quantitative estimate of drug-likeness (QED) is 0.756. The van der Waals surface area contributed by atoms with E-state index in [-0.39, 0.29) is 30.1 Å². The van der Waals surface area contributed by atoms with Gasteiger partial charge in [0.25, 0.3) is 0 Å². The summed E-state index contributed by atoms with van der Waals surface area (Å²) in [5.41, 5.74) is -0.287. The molecule has 0 saturated heterocycles. The van der Waals surface area contributed by atoms with Crippen LogP contribution in [0, 0.1) is 10.8 Å². The number of aliphatic hydroxyl groups excluding tert-OH is 2. The van der Waals surface area contributed by atoms with E-state index in [1.165, 1.54) is 0 Å². The maximum absolute atomic E-state index is 9.79. The molecule has 3 heteroatoms. The first-order chi connectivity index (χ1) is 6.59. The van der Waals surface area contributed by atoms with Gasteiger partial charge in [0.15, 0.2) is 0 Å². The molecule has 92 valence electrons. The van der Waals surface area contributed by atoms with Gasteiger partial charge < -0.3 is 14.9 Å². The maximum Gasteiger partial charge on any atom is 0.0855 e. The number of ether oxygens (including phenoxy) is 1. The van der Waals surface area contributed by atoms with Crippen LogP contribution in [0.2, 0.25) is 0 Å². The summed E-state index contributed by atoms with van der Waals surface area (Å²) in [4.78, 5) is 0. The molecule has 2 atom stereocenters. The average molecular weight is 218 g/mol. The Bertz CT molecular complexity index is 176. The zero-order valence-electron chi connectivity index (χ0n) is 10.9. The third kappa shape index (κ3) is 5.50. The summed E-state index contributed by atoms with van der Waals surface area (Å²) < 4.78 is 5.54. The summed E-state index contributed by atoms with van der Waals surface area (Å²) in [6, 6.07) is 0. The molecule has 15 heavy (non-hydrogen) atoms. The van der Waals surface area contributed by atoms with Gasteiger partial charge in [-0.25, -0.2) is 0 Å². The van der Waals surface area contributed by atoms with Crippen LogP contribution in [0.25, 0.3) is 0 Å². The number of hydrogen-bond donors (Lipinski definition) is 2. The van der Waals surface area contributed by atoms with Crippen molar-refractivity contribution in [1.82, 2.24) is 0 Å². The van der Waals surface area contributed by atoms with Crippen molar-refractivity contribution in [2.45, 2.75) is 53.8 Å². The van der Waals surface area contributed by atoms with Gasteiger partial charge in [-0.3, -0.25) is 0 Å². The molecule has 0 amide bonds. The molecule has 0 aliphatic carbocycles. The van der Waals surface area contributed by atoms with E-state index >= 15 is 0 Å². The molecule has 0 aromatic carbocycles. The van der Waals surface area contributed by atoms with Crippen LogP contribution in [0.5, 0.6) is 0 Å². The zero-order chi connectivity index (χ0) is 12.3. The molecule has 0 aliphatic rings. The Morgan fingerprint density at radius 2 is 1.47 bits per heavy atom. The molecular formula is C12H26O3. The lowest BCUT2D eigenvalue weighted by Crippen LogP contribution is -2.38. The number of hydrogen-bond acceptors (Lipinski definition) is 3. The highest BCUT2D eigenvalue weighted by atomic mass is 16.5. The Kier molecular flexibility index (Phi) is 5.24. The molecule has 0 radical (unpaired) electrons. The minimum absolute atomic E-state index is 0.0135. The van der Waals surface area contributed by atoms with Gasteiger partial charge in [0.2, 0.25) is 0 Å². The van der Waals surface area contributed by atoms with Gasteiger partial charge in [-0.1, -0.05) is 41.5 Å². The summed E-state index contributed by atoms with van der Waals surface area (Å²) in [6.45, 7) is 12.2. The van der Waals surface area contributed by atoms with Gasteiger partial charge in [0.1, 0.15) is 0 Å². The Labute approximate surface area is 93.5 Å². The van der Waals surface area contributed by atoms with Crippen LogP contribution in [-0.4, -0.2) is 35.6 Å².